The van der Waals surface area contributed by atoms with Crippen molar-refractivity contribution in [1.29, 1.82) is 0 Å². The third-order valence-corrected chi connectivity index (χ3v) is 6.50. The van der Waals surface area contributed by atoms with Crippen LogP contribution in [0.2, 0.25) is 0 Å². The van der Waals surface area contributed by atoms with Gasteiger partial charge in [-0.1, -0.05) is 49.9 Å². The number of hydrogen-bond donors (Lipinski definition) is 0. The molecule has 202 valence electrons. The third-order valence-electron chi connectivity index (χ3n) is 6.50. The van der Waals surface area contributed by atoms with E-state index in [1.54, 1.807) is 16.9 Å². The highest BCUT2D eigenvalue weighted by molar-refractivity contribution is 5.82. The number of fused-ring (bicyclic) bond motifs is 1. The summed E-state index contributed by atoms with van der Waals surface area (Å²) in [5.74, 6) is 7.84. The first kappa shape index (κ1) is 26.6. The lowest BCUT2D eigenvalue weighted by Gasteiger charge is -2.26. The number of ether oxygens (including phenoxy) is 2. The van der Waals surface area contributed by atoms with Crippen LogP contribution in [0.15, 0.2) is 53.3 Å². The Morgan fingerprint density at radius 1 is 1.08 bits per heavy atom. The molecule has 3 aromatic heterocycles. The molecule has 0 bridgehead atoms. The predicted octanol–water partition coefficient (Wildman–Crippen LogP) is 3.48. The summed E-state index contributed by atoms with van der Waals surface area (Å²) >= 11 is 0. The first-order valence-corrected chi connectivity index (χ1v) is 13.2. The minimum atomic E-state index is -0.135. The van der Waals surface area contributed by atoms with E-state index >= 15 is 0 Å². The van der Waals surface area contributed by atoms with Gasteiger partial charge in [0.05, 0.1) is 37.1 Å². The first-order chi connectivity index (χ1) is 18.8. The molecule has 0 atom stereocenters. The number of ketones is 1. The fraction of sp³-hybridized carbons (Fsp3) is 0.400. The van der Waals surface area contributed by atoms with E-state index in [2.05, 4.69) is 52.8 Å². The zero-order chi connectivity index (χ0) is 27.2. The smallest absolute Gasteiger partial charge is 0.218 e. The van der Waals surface area contributed by atoms with E-state index in [1.807, 2.05) is 36.4 Å². The second-order valence-electron chi connectivity index (χ2n) is 10.7. The number of hydrogen-bond acceptors (Lipinski definition) is 8. The van der Waals surface area contributed by atoms with Crippen LogP contribution in [0.1, 0.15) is 48.9 Å². The van der Waals surface area contributed by atoms with Gasteiger partial charge in [-0.05, 0) is 17.7 Å². The lowest BCUT2D eigenvalue weighted by Crippen LogP contribution is -2.38. The molecule has 0 saturated carbocycles. The molecule has 1 saturated heterocycles. The third kappa shape index (κ3) is 6.91. The minimum absolute atomic E-state index is 0.0861. The average Bonchev–Trinajstić information content (AvgIpc) is 3.57. The number of rotatable bonds is 8. The van der Waals surface area contributed by atoms with Crippen LogP contribution in [0.3, 0.4) is 0 Å². The Bertz CT molecular complexity index is 1480. The number of carbonyl (C=O) groups excluding carboxylic acids is 1. The summed E-state index contributed by atoms with van der Waals surface area (Å²) < 4.78 is 18.4. The largest absolute Gasteiger partial charge is 0.476 e. The Balaban J connectivity index is 1.18. The Hall–Kier alpha value is -4.00. The van der Waals surface area contributed by atoms with Gasteiger partial charge in [-0.3, -0.25) is 9.69 Å². The van der Waals surface area contributed by atoms with Gasteiger partial charge in [-0.15, -0.1) is 0 Å². The van der Waals surface area contributed by atoms with Crippen LogP contribution in [-0.2, 0) is 27.8 Å². The quantitative estimate of drug-likeness (QED) is 0.322. The molecule has 39 heavy (non-hydrogen) atoms. The van der Waals surface area contributed by atoms with E-state index in [4.69, 9.17) is 14.0 Å². The molecule has 1 aliphatic heterocycles. The van der Waals surface area contributed by atoms with Gasteiger partial charge in [0.2, 0.25) is 5.88 Å². The highest BCUT2D eigenvalue weighted by atomic mass is 16.5. The number of nitrogens with zero attached hydrogens (tertiary/aromatic N) is 5. The predicted molar refractivity (Wildman–Crippen MR) is 146 cm³/mol. The van der Waals surface area contributed by atoms with Gasteiger partial charge in [0.1, 0.15) is 18.2 Å². The van der Waals surface area contributed by atoms with Crippen molar-refractivity contribution in [3.05, 3.63) is 76.9 Å². The van der Waals surface area contributed by atoms with Crippen molar-refractivity contribution in [2.24, 2.45) is 0 Å². The molecule has 9 nitrogen and oxygen atoms in total. The van der Waals surface area contributed by atoms with E-state index in [-0.39, 0.29) is 17.6 Å². The summed E-state index contributed by atoms with van der Waals surface area (Å²) in [5.41, 5.74) is 3.67. The van der Waals surface area contributed by atoms with Crippen LogP contribution in [0.4, 0.5) is 0 Å². The Morgan fingerprint density at radius 2 is 1.87 bits per heavy atom. The molecule has 0 radical (unpaired) electrons. The highest BCUT2D eigenvalue weighted by Gasteiger charge is 2.20. The summed E-state index contributed by atoms with van der Waals surface area (Å²) in [6.07, 6.45) is 3.99. The van der Waals surface area contributed by atoms with Crippen LogP contribution in [0.5, 0.6) is 5.88 Å². The molecule has 1 aromatic carbocycles. The van der Waals surface area contributed by atoms with Gasteiger partial charge in [0.15, 0.2) is 5.65 Å². The lowest BCUT2D eigenvalue weighted by atomic mass is 9.93. The summed E-state index contributed by atoms with van der Waals surface area (Å²) in [6.45, 7) is 10.9. The Labute approximate surface area is 228 Å². The second-order valence-corrected chi connectivity index (χ2v) is 10.7. The molecular weight excluding hydrogens is 494 g/mol. The van der Waals surface area contributed by atoms with E-state index in [0.717, 1.165) is 55.3 Å². The summed E-state index contributed by atoms with van der Waals surface area (Å²) in [5, 5.41) is 8.48. The normalized spacial score (nSPS) is 14.2. The molecule has 5 rings (SSSR count). The fourth-order valence-electron chi connectivity index (χ4n) is 4.26. The van der Waals surface area contributed by atoms with Crippen molar-refractivity contribution in [3.8, 4) is 17.7 Å². The van der Waals surface area contributed by atoms with Crippen molar-refractivity contribution in [1.82, 2.24) is 24.7 Å². The maximum Gasteiger partial charge on any atom is 0.218 e. The van der Waals surface area contributed by atoms with Crippen LogP contribution in [0, 0.1) is 11.8 Å². The van der Waals surface area contributed by atoms with E-state index < -0.39 is 0 Å². The zero-order valence-corrected chi connectivity index (χ0v) is 22.6. The Morgan fingerprint density at radius 3 is 2.62 bits per heavy atom. The molecule has 4 heterocycles. The maximum absolute atomic E-state index is 12.6. The average molecular weight is 528 g/mol. The lowest BCUT2D eigenvalue weighted by molar-refractivity contribution is -0.117. The molecule has 0 amide bonds. The fourth-order valence-corrected chi connectivity index (χ4v) is 4.26. The van der Waals surface area contributed by atoms with Crippen molar-refractivity contribution < 1.29 is 18.8 Å². The minimum Gasteiger partial charge on any atom is -0.476 e. The van der Waals surface area contributed by atoms with Crippen LogP contribution in [-0.4, -0.2) is 69.9 Å². The molecule has 9 heteroatoms. The highest BCUT2D eigenvalue weighted by Crippen LogP contribution is 2.23. The van der Waals surface area contributed by atoms with Gasteiger partial charge >= 0.3 is 0 Å². The van der Waals surface area contributed by atoms with Crippen LogP contribution < -0.4 is 4.74 Å². The van der Waals surface area contributed by atoms with Gasteiger partial charge in [-0.2, -0.15) is 9.61 Å². The van der Waals surface area contributed by atoms with E-state index in [0.29, 0.717) is 30.2 Å². The molecular formula is C30H33N5O4. The molecule has 1 aliphatic rings. The monoisotopic (exact) mass is 527 g/mol. The van der Waals surface area contributed by atoms with Gasteiger partial charge in [0, 0.05) is 55.4 Å². The molecule has 1 fully saturated rings. The number of benzene rings is 1. The van der Waals surface area contributed by atoms with Crippen molar-refractivity contribution in [2.75, 3.05) is 39.5 Å². The molecule has 0 spiro atoms. The van der Waals surface area contributed by atoms with Gasteiger partial charge in [0.25, 0.3) is 0 Å². The SMILES string of the molecule is CC(C)(C)c1cc(CC(=O)Cc2ccc(C#Cc3cnn4c(OCCN5CCOCC5)ccnc34)cc2)no1. The number of morpholine rings is 1. The molecule has 4 aromatic rings. The van der Waals surface area contributed by atoms with Gasteiger partial charge in [-0.25, -0.2) is 4.98 Å². The number of Topliss-reactive ketones (excluding diaryl/α,β-unsaturated/α-hetero) is 1. The number of aromatic nitrogens is 4. The van der Waals surface area contributed by atoms with E-state index in [1.165, 1.54) is 0 Å². The van der Waals surface area contributed by atoms with Crippen LogP contribution in [0.25, 0.3) is 5.65 Å². The topological polar surface area (TPSA) is 95.0 Å². The van der Waals surface area contributed by atoms with Crippen molar-refractivity contribution >= 4 is 11.4 Å². The molecule has 0 unspecified atom stereocenters. The summed E-state index contributed by atoms with van der Waals surface area (Å²) in [4.78, 5) is 19.3. The van der Waals surface area contributed by atoms with Crippen molar-refractivity contribution in [2.45, 2.75) is 39.0 Å². The number of carbonyl (C=O) groups is 1. The van der Waals surface area contributed by atoms with Crippen LogP contribution >= 0.6 is 0 Å². The summed E-state index contributed by atoms with van der Waals surface area (Å²) in [6, 6.07) is 11.4. The molecule has 0 N–H and O–H groups in total. The molecule has 0 aliphatic carbocycles. The second kappa shape index (κ2) is 11.8. The zero-order valence-electron chi connectivity index (χ0n) is 22.6. The first-order valence-electron chi connectivity index (χ1n) is 13.2. The Kier molecular flexibility index (Phi) is 8.05. The summed E-state index contributed by atoms with van der Waals surface area (Å²) in [7, 11) is 0. The standard InChI is InChI=1S/C30H33N5O4/c1-30(2,3)27-20-25(33-39-27)19-26(36)18-23-6-4-22(5-7-23)8-9-24-21-32-35-28(10-11-31-29(24)35)38-17-14-34-12-15-37-16-13-34/h4-7,10-11,20-21H,12-19H2,1-3H3. The van der Waals surface area contributed by atoms with Crippen molar-refractivity contribution in [3.63, 3.8) is 0 Å². The maximum atomic E-state index is 12.6. The van der Waals surface area contributed by atoms with E-state index in [9.17, 15) is 4.79 Å². The van der Waals surface area contributed by atoms with Gasteiger partial charge < -0.3 is 14.0 Å².